The quantitative estimate of drug-likeness (QED) is 0.622. The highest BCUT2D eigenvalue weighted by Crippen LogP contribution is 2.32. The Morgan fingerprint density at radius 2 is 1.45 bits per heavy atom. The first-order valence-electron chi connectivity index (χ1n) is 6.98. The van der Waals surface area contributed by atoms with Crippen LogP contribution in [0.2, 0.25) is 0 Å². The van der Waals surface area contributed by atoms with E-state index in [-0.39, 0.29) is 0 Å². The number of nitrogens with one attached hydrogen (secondary N) is 1. The van der Waals surface area contributed by atoms with Crippen LogP contribution < -0.4 is 4.90 Å². The monoisotopic (exact) mass is 287 g/mol. The second-order valence-corrected chi connectivity index (χ2v) is 4.83. The molecule has 4 aromatic rings. The molecule has 0 saturated carbocycles. The van der Waals surface area contributed by atoms with Gasteiger partial charge in [0.25, 0.3) is 0 Å². The van der Waals surface area contributed by atoms with E-state index in [1.807, 2.05) is 60.7 Å². The van der Waals surface area contributed by atoms with Gasteiger partial charge in [0, 0.05) is 11.4 Å². The molecule has 5 nitrogen and oxygen atoms in total. The molecule has 0 spiro atoms. The number of aromatic nitrogens is 4. The zero-order chi connectivity index (χ0) is 14.8. The lowest BCUT2D eigenvalue weighted by Gasteiger charge is -2.22. The lowest BCUT2D eigenvalue weighted by molar-refractivity contribution is 1.15. The minimum Gasteiger partial charge on any atom is -0.321 e. The molecule has 106 valence electrons. The normalized spacial score (nSPS) is 10.7. The van der Waals surface area contributed by atoms with Gasteiger partial charge in [-0.25, -0.2) is 9.97 Å². The van der Waals surface area contributed by atoms with Crippen molar-refractivity contribution in [3.05, 3.63) is 73.2 Å². The fourth-order valence-corrected chi connectivity index (χ4v) is 2.40. The van der Waals surface area contributed by atoms with E-state index >= 15 is 0 Å². The van der Waals surface area contributed by atoms with Crippen molar-refractivity contribution in [3.63, 3.8) is 0 Å². The van der Waals surface area contributed by atoms with E-state index in [4.69, 9.17) is 0 Å². The SMILES string of the molecule is c1ccc(N(c2ccccc2)c2nc3ncncc3[nH]2)cc1. The van der Waals surface area contributed by atoms with Crippen molar-refractivity contribution < 1.29 is 0 Å². The maximum Gasteiger partial charge on any atom is 0.214 e. The van der Waals surface area contributed by atoms with Gasteiger partial charge < -0.3 is 4.98 Å². The van der Waals surface area contributed by atoms with Crippen LogP contribution in [0, 0.1) is 0 Å². The van der Waals surface area contributed by atoms with E-state index in [1.54, 1.807) is 6.20 Å². The van der Waals surface area contributed by atoms with Crippen LogP contribution in [0.1, 0.15) is 0 Å². The number of hydrogen-bond acceptors (Lipinski definition) is 4. The number of fused-ring (bicyclic) bond motifs is 1. The second-order valence-electron chi connectivity index (χ2n) is 4.83. The van der Waals surface area contributed by atoms with Crippen LogP contribution in [-0.4, -0.2) is 19.9 Å². The van der Waals surface area contributed by atoms with E-state index in [2.05, 4.69) is 24.8 Å². The van der Waals surface area contributed by atoms with Gasteiger partial charge in [0.15, 0.2) is 5.65 Å². The molecule has 0 saturated heterocycles. The molecule has 2 aromatic heterocycles. The summed E-state index contributed by atoms with van der Waals surface area (Å²) in [4.78, 5) is 18.1. The van der Waals surface area contributed by atoms with Crippen LogP contribution in [0.15, 0.2) is 73.2 Å². The molecule has 0 aliphatic heterocycles. The average Bonchev–Trinajstić information content (AvgIpc) is 3.00. The van der Waals surface area contributed by atoms with Crippen LogP contribution in [0.4, 0.5) is 17.3 Å². The molecule has 0 aliphatic rings. The summed E-state index contributed by atoms with van der Waals surface area (Å²) in [6, 6.07) is 20.2. The highest BCUT2D eigenvalue weighted by Gasteiger charge is 2.16. The third kappa shape index (κ3) is 2.18. The molecule has 0 unspecified atom stereocenters. The first-order chi connectivity index (χ1) is 10.9. The highest BCUT2D eigenvalue weighted by molar-refractivity contribution is 5.79. The Hall–Kier alpha value is -3.21. The predicted molar refractivity (Wildman–Crippen MR) is 86.4 cm³/mol. The largest absolute Gasteiger partial charge is 0.321 e. The standard InChI is InChI=1S/C17H13N5/c1-3-7-13(8-4-1)22(14-9-5-2-6-10-14)17-20-15-11-18-12-19-16(15)21-17/h1-12H,(H,18,19,20,21). The fraction of sp³-hybridized carbons (Fsp3) is 0. The molecule has 1 N–H and O–H groups in total. The molecule has 2 aromatic carbocycles. The molecule has 4 rings (SSSR count). The Bertz CT molecular complexity index is 814. The van der Waals surface area contributed by atoms with Crippen molar-refractivity contribution in [2.45, 2.75) is 0 Å². The van der Waals surface area contributed by atoms with Gasteiger partial charge in [0.05, 0.1) is 6.20 Å². The number of imidazole rings is 1. The van der Waals surface area contributed by atoms with Gasteiger partial charge in [0.2, 0.25) is 5.95 Å². The Morgan fingerprint density at radius 3 is 2.05 bits per heavy atom. The van der Waals surface area contributed by atoms with Crippen LogP contribution >= 0.6 is 0 Å². The molecule has 22 heavy (non-hydrogen) atoms. The molecule has 0 atom stereocenters. The molecule has 0 amide bonds. The molecule has 0 bridgehead atoms. The maximum absolute atomic E-state index is 4.59. The zero-order valence-corrected chi connectivity index (χ0v) is 11.7. The second kappa shape index (κ2) is 5.29. The maximum atomic E-state index is 4.59. The van der Waals surface area contributed by atoms with Crippen molar-refractivity contribution in [1.29, 1.82) is 0 Å². The van der Waals surface area contributed by atoms with Gasteiger partial charge in [-0.2, -0.15) is 4.98 Å². The molecule has 0 aliphatic carbocycles. The summed E-state index contributed by atoms with van der Waals surface area (Å²) in [5, 5.41) is 0. The lowest BCUT2D eigenvalue weighted by atomic mass is 10.2. The first-order valence-corrected chi connectivity index (χ1v) is 6.98. The summed E-state index contributed by atoms with van der Waals surface area (Å²) in [5.41, 5.74) is 3.53. The Balaban J connectivity index is 1.90. The van der Waals surface area contributed by atoms with Crippen LogP contribution in [0.25, 0.3) is 11.2 Å². The average molecular weight is 287 g/mol. The molecular formula is C17H13N5. The number of para-hydroxylation sites is 2. The summed E-state index contributed by atoms with van der Waals surface area (Å²) in [5.74, 6) is 0.716. The number of benzene rings is 2. The number of hydrogen-bond donors (Lipinski definition) is 1. The highest BCUT2D eigenvalue weighted by atomic mass is 15.3. The number of rotatable bonds is 3. The van der Waals surface area contributed by atoms with Crippen LogP contribution in [0.3, 0.4) is 0 Å². The number of anilines is 3. The van der Waals surface area contributed by atoms with Crippen LogP contribution in [0.5, 0.6) is 0 Å². The van der Waals surface area contributed by atoms with Crippen molar-refractivity contribution in [2.75, 3.05) is 4.90 Å². The molecular weight excluding hydrogens is 274 g/mol. The topological polar surface area (TPSA) is 57.7 Å². The Labute approximate surface area is 127 Å². The Morgan fingerprint density at radius 1 is 0.818 bits per heavy atom. The molecule has 5 heteroatoms. The van der Waals surface area contributed by atoms with Crippen molar-refractivity contribution in [1.82, 2.24) is 19.9 Å². The Kier molecular flexibility index (Phi) is 3.01. The van der Waals surface area contributed by atoms with Gasteiger partial charge in [-0.05, 0) is 24.3 Å². The molecule has 0 fully saturated rings. The smallest absolute Gasteiger partial charge is 0.214 e. The van der Waals surface area contributed by atoms with Crippen molar-refractivity contribution in [2.24, 2.45) is 0 Å². The lowest BCUT2D eigenvalue weighted by Crippen LogP contribution is -2.11. The minimum atomic E-state index is 0.655. The van der Waals surface area contributed by atoms with Gasteiger partial charge in [0.1, 0.15) is 11.8 Å². The first kappa shape index (κ1) is 12.5. The van der Waals surface area contributed by atoms with Gasteiger partial charge >= 0.3 is 0 Å². The van der Waals surface area contributed by atoms with Crippen molar-refractivity contribution >= 4 is 28.5 Å². The summed E-state index contributed by atoms with van der Waals surface area (Å²) in [6.45, 7) is 0. The van der Waals surface area contributed by atoms with E-state index < -0.39 is 0 Å². The zero-order valence-electron chi connectivity index (χ0n) is 11.7. The number of nitrogens with zero attached hydrogens (tertiary/aromatic N) is 4. The third-order valence-electron chi connectivity index (χ3n) is 3.39. The number of H-pyrrole nitrogens is 1. The fourth-order valence-electron chi connectivity index (χ4n) is 2.40. The van der Waals surface area contributed by atoms with E-state index in [1.165, 1.54) is 6.33 Å². The minimum absolute atomic E-state index is 0.655. The number of aromatic amines is 1. The summed E-state index contributed by atoms with van der Waals surface area (Å²) in [6.07, 6.45) is 3.23. The molecule has 0 radical (unpaired) electrons. The van der Waals surface area contributed by atoms with E-state index in [0.29, 0.717) is 11.6 Å². The van der Waals surface area contributed by atoms with Crippen LogP contribution in [-0.2, 0) is 0 Å². The van der Waals surface area contributed by atoms with Gasteiger partial charge in [-0.15, -0.1) is 0 Å². The summed E-state index contributed by atoms with van der Waals surface area (Å²) >= 11 is 0. The van der Waals surface area contributed by atoms with Crippen molar-refractivity contribution in [3.8, 4) is 0 Å². The van der Waals surface area contributed by atoms with E-state index in [0.717, 1.165) is 16.9 Å². The molecule has 2 heterocycles. The summed E-state index contributed by atoms with van der Waals surface area (Å²) in [7, 11) is 0. The van der Waals surface area contributed by atoms with E-state index in [9.17, 15) is 0 Å². The van der Waals surface area contributed by atoms with Gasteiger partial charge in [-0.1, -0.05) is 36.4 Å². The summed E-state index contributed by atoms with van der Waals surface area (Å²) < 4.78 is 0. The van der Waals surface area contributed by atoms with Gasteiger partial charge in [-0.3, -0.25) is 4.90 Å². The predicted octanol–water partition coefficient (Wildman–Crippen LogP) is 3.82. The third-order valence-corrected chi connectivity index (χ3v) is 3.39.